The number of hydrogen-bond acceptors (Lipinski definition) is 1. The summed E-state index contributed by atoms with van der Waals surface area (Å²) < 4.78 is 0. The van der Waals surface area contributed by atoms with E-state index in [0.717, 1.165) is 22.6 Å². The van der Waals surface area contributed by atoms with Gasteiger partial charge in [-0.2, -0.15) is 0 Å². The third-order valence-electron chi connectivity index (χ3n) is 3.37. The zero-order valence-electron chi connectivity index (χ0n) is 11.0. The van der Waals surface area contributed by atoms with Crippen molar-refractivity contribution in [3.63, 3.8) is 0 Å². The summed E-state index contributed by atoms with van der Waals surface area (Å²) >= 11 is 6.22. The molecule has 2 aromatic rings. The highest BCUT2D eigenvalue weighted by molar-refractivity contribution is 6.31. The first-order chi connectivity index (χ1) is 9.22. The summed E-state index contributed by atoms with van der Waals surface area (Å²) in [6.07, 6.45) is 1.41. The van der Waals surface area contributed by atoms with Crippen LogP contribution in [0.2, 0.25) is 5.02 Å². The van der Waals surface area contributed by atoms with Crippen LogP contribution in [0.15, 0.2) is 54.6 Å². The molecule has 0 aliphatic carbocycles. The van der Waals surface area contributed by atoms with Crippen LogP contribution in [0.25, 0.3) is 0 Å². The molecule has 0 amide bonds. The molecule has 0 heterocycles. The summed E-state index contributed by atoms with van der Waals surface area (Å²) in [6, 6.07) is 17.2. The van der Waals surface area contributed by atoms with Gasteiger partial charge in [0.15, 0.2) is 5.78 Å². The Labute approximate surface area is 119 Å². The number of benzene rings is 2. The Kier molecular flexibility index (Phi) is 4.75. The fraction of sp³-hybridized carbons (Fsp3) is 0.235. The van der Waals surface area contributed by atoms with Gasteiger partial charge in [-0.05, 0) is 24.0 Å². The molecule has 0 aliphatic heterocycles. The summed E-state index contributed by atoms with van der Waals surface area (Å²) in [7, 11) is 0. The van der Waals surface area contributed by atoms with E-state index in [1.807, 2.05) is 54.6 Å². The van der Waals surface area contributed by atoms with E-state index < -0.39 is 0 Å². The molecule has 0 aliphatic rings. The smallest absolute Gasteiger partial charge is 0.163 e. The minimum absolute atomic E-state index is 0.173. The van der Waals surface area contributed by atoms with E-state index in [1.54, 1.807) is 0 Å². The van der Waals surface area contributed by atoms with Crippen LogP contribution in [0, 0.1) is 0 Å². The standard InChI is InChI=1S/C17H17ClO/c1-2-13(15-10-6-7-11-16(15)18)12-17(19)14-8-4-3-5-9-14/h3-11,13H,2,12H2,1H3/t13-/m1/s1. The fourth-order valence-corrected chi connectivity index (χ4v) is 2.54. The van der Waals surface area contributed by atoms with Gasteiger partial charge in [0, 0.05) is 17.0 Å². The van der Waals surface area contributed by atoms with Crippen molar-refractivity contribution in [2.45, 2.75) is 25.7 Å². The number of halogens is 1. The zero-order chi connectivity index (χ0) is 13.7. The van der Waals surface area contributed by atoms with Crippen LogP contribution in [0.4, 0.5) is 0 Å². The highest BCUT2D eigenvalue weighted by Crippen LogP contribution is 2.30. The van der Waals surface area contributed by atoms with Gasteiger partial charge in [0.1, 0.15) is 0 Å². The van der Waals surface area contributed by atoms with E-state index in [2.05, 4.69) is 6.92 Å². The average molecular weight is 273 g/mol. The van der Waals surface area contributed by atoms with Gasteiger partial charge in [-0.1, -0.05) is 67.1 Å². The van der Waals surface area contributed by atoms with Crippen LogP contribution in [0.1, 0.15) is 41.6 Å². The number of carbonyl (C=O) groups is 1. The van der Waals surface area contributed by atoms with Gasteiger partial charge in [-0.25, -0.2) is 0 Å². The molecule has 2 heteroatoms. The molecule has 0 radical (unpaired) electrons. The largest absolute Gasteiger partial charge is 0.294 e. The molecule has 1 atom stereocenters. The monoisotopic (exact) mass is 272 g/mol. The highest BCUT2D eigenvalue weighted by Gasteiger charge is 2.17. The molecule has 0 aromatic heterocycles. The average Bonchev–Trinajstić information content (AvgIpc) is 2.46. The molecule has 0 N–H and O–H groups in total. The molecule has 0 saturated heterocycles. The van der Waals surface area contributed by atoms with Gasteiger partial charge in [-0.3, -0.25) is 4.79 Å². The molecule has 0 unspecified atom stereocenters. The van der Waals surface area contributed by atoms with Crippen LogP contribution >= 0.6 is 11.6 Å². The second-order valence-electron chi connectivity index (χ2n) is 4.62. The molecule has 0 bridgehead atoms. The second kappa shape index (κ2) is 6.53. The summed E-state index contributed by atoms with van der Waals surface area (Å²) in [5.41, 5.74) is 1.84. The van der Waals surface area contributed by atoms with Crippen LogP contribution in [-0.2, 0) is 0 Å². The van der Waals surface area contributed by atoms with Crippen molar-refractivity contribution in [3.05, 3.63) is 70.7 Å². The lowest BCUT2D eigenvalue weighted by atomic mass is 9.89. The number of rotatable bonds is 5. The summed E-state index contributed by atoms with van der Waals surface area (Å²) in [5, 5.41) is 0.746. The number of carbonyl (C=O) groups excluding carboxylic acids is 1. The predicted molar refractivity (Wildman–Crippen MR) is 79.9 cm³/mol. The zero-order valence-corrected chi connectivity index (χ0v) is 11.7. The Hall–Kier alpha value is -1.60. The minimum Gasteiger partial charge on any atom is -0.294 e. The molecular weight excluding hydrogens is 256 g/mol. The maximum atomic E-state index is 12.3. The van der Waals surface area contributed by atoms with Crippen molar-refractivity contribution in [2.24, 2.45) is 0 Å². The maximum Gasteiger partial charge on any atom is 0.163 e. The third kappa shape index (κ3) is 3.45. The lowest BCUT2D eigenvalue weighted by Gasteiger charge is -2.16. The van der Waals surface area contributed by atoms with Gasteiger partial charge in [0.2, 0.25) is 0 Å². The normalized spacial score (nSPS) is 12.1. The second-order valence-corrected chi connectivity index (χ2v) is 5.03. The lowest BCUT2D eigenvalue weighted by molar-refractivity contribution is 0.0973. The maximum absolute atomic E-state index is 12.3. The number of Topliss-reactive ketones (excluding diaryl/α,β-unsaturated/α-hetero) is 1. The Morgan fingerprint density at radius 2 is 1.68 bits per heavy atom. The molecule has 19 heavy (non-hydrogen) atoms. The molecule has 98 valence electrons. The van der Waals surface area contributed by atoms with Crippen molar-refractivity contribution >= 4 is 17.4 Å². The van der Waals surface area contributed by atoms with E-state index >= 15 is 0 Å². The molecule has 0 spiro atoms. The number of ketones is 1. The minimum atomic E-state index is 0.173. The summed E-state index contributed by atoms with van der Waals surface area (Å²) in [5.74, 6) is 0.355. The lowest BCUT2D eigenvalue weighted by Crippen LogP contribution is -2.07. The van der Waals surface area contributed by atoms with Gasteiger partial charge >= 0.3 is 0 Å². The predicted octanol–water partition coefficient (Wildman–Crippen LogP) is 5.11. The Bertz CT molecular complexity index is 548. The van der Waals surface area contributed by atoms with Crippen LogP contribution in [0.3, 0.4) is 0 Å². The Morgan fingerprint density at radius 1 is 1.05 bits per heavy atom. The van der Waals surface area contributed by atoms with Crippen molar-refractivity contribution in [1.29, 1.82) is 0 Å². The first-order valence-electron chi connectivity index (χ1n) is 6.55. The first-order valence-corrected chi connectivity index (χ1v) is 6.92. The van der Waals surface area contributed by atoms with Crippen LogP contribution in [-0.4, -0.2) is 5.78 Å². The highest BCUT2D eigenvalue weighted by atomic mass is 35.5. The van der Waals surface area contributed by atoms with E-state index in [0.29, 0.717) is 6.42 Å². The molecule has 0 fully saturated rings. The molecular formula is C17H17ClO. The van der Waals surface area contributed by atoms with Crippen molar-refractivity contribution in [2.75, 3.05) is 0 Å². The van der Waals surface area contributed by atoms with Crippen molar-refractivity contribution < 1.29 is 4.79 Å². The van der Waals surface area contributed by atoms with Gasteiger partial charge in [0.05, 0.1) is 0 Å². The first kappa shape index (κ1) is 13.8. The third-order valence-corrected chi connectivity index (χ3v) is 3.71. The fourth-order valence-electron chi connectivity index (χ4n) is 2.25. The van der Waals surface area contributed by atoms with Crippen molar-refractivity contribution in [3.8, 4) is 0 Å². The summed E-state index contributed by atoms with van der Waals surface area (Å²) in [4.78, 5) is 12.3. The Balaban J connectivity index is 2.17. The molecule has 1 nitrogen and oxygen atoms in total. The molecule has 2 rings (SSSR count). The Morgan fingerprint density at radius 3 is 2.32 bits per heavy atom. The van der Waals surface area contributed by atoms with Crippen LogP contribution < -0.4 is 0 Å². The molecule has 0 saturated carbocycles. The van der Waals surface area contributed by atoms with Crippen LogP contribution in [0.5, 0.6) is 0 Å². The molecule has 2 aromatic carbocycles. The van der Waals surface area contributed by atoms with Crippen molar-refractivity contribution in [1.82, 2.24) is 0 Å². The van der Waals surface area contributed by atoms with E-state index in [9.17, 15) is 4.79 Å². The SMILES string of the molecule is CC[C@H](CC(=O)c1ccccc1)c1ccccc1Cl. The van der Waals surface area contributed by atoms with E-state index in [4.69, 9.17) is 11.6 Å². The summed E-state index contributed by atoms with van der Waals surface area (Å²) in [6.45, 7) is 2.09. The number of hydrogen-bond donors (Lipinski definition) is 0. The quantitative estimate of drug-likeness (QED) is 0.692. The van der Waals surface area contributed by atoms with E-state index in [1.165, 1.54) is 0 Å². The van der Waals surface area contributed by atoms with Gasteiger partial charge in [-0.15, -0.1) is 0 Å². The van der Waals surface area contributed by atoms with Gasteiger partial charge < -0.3 is 0 Å². The topological polar surface area (TPSA) is 17.1 Å². The van der Waals surface area contributed by atoms with Gasteiger partial charge in [0.25, 0.3) is 0 Å². The van der Waals surface area contributed by atoms with E-state index in [-0.39, 0.29) is 11.7 Å².